The zero-order chi connectivity index (χ0) is 8.91. The van der Waals surface area contributed by atoms with E-state index in [4.69, 9.17) is 14.9 Å². The van der Waals surface area contributed by atoms with E-state index in [-0.39, 0.29) is 6.42 Å². The van der Waals surface area contributed by atoms with Crippen LogP contribution in [0.1, 0.15) is 32.6 Å². The quantitative estimate of drug-likeness (QED) is 0.439. The van der Waals surface area contributed by atoms with Crippen molar-refractivity contribution < 1.29 is 19.5 Å². The highest BCUT2D eigenvalue weighted by Crippen LogP contribution is 2.41. The van der Waals surface area contributed by atoms with Crippen molar-refractivity contribution in [3.63, 3.8) is 0 Å². The third-order valence-corrected chi connectivity index (χ3v) is 2.49. The van der Waals surface area contributed by atoms with Crippen molar-refractivity contribution in [2.75, 3.05) is 0 Å². The van der Waals surface area contributed by atoms with E-state index >= 15 is 0 Å². The van der Waals surface area contributed by atoms with Crippen molar-refractivity contribution in [2.24, 2.45) is 0 Å². The van der Waals surface area contributed by atoms with Crippen LogP contribution in [0.3, 0.4) is 0 Å². The molecule has 0 aromatic carbocycles. The van der Waals surface area contributed by atoms with Crippen LogP contribution in [0.15, 0.2) is 0 Å². The van der Waals surface area contributed by atoms with E-state index in [1.807, 2.05) is 6.92 Å². The van der Waals surface area contributed by atoms with Crippen LogP contribution in [-0.4, -0.2) is 20.7 Å². The number of hydrogen-bond donors (Lipinski definition) is 3. The number of hydrogen-bond acceptors (Lipinski definition) is 2. The van der Waals surface area contributed by atoms with Crippen molar-refractivity contribution >= 4 is 7.60 Å². The standard InChI is InChI=1S/C6H15O4P/c1-2-3-4-5-6(7)11(8,9)10/h6-7H,2-5H2,1H3,(H2,8,9,10). The van der Waals surface area contributed by atoms with Gasteiger partial charge in [-0.05, 0) is 6.42 Å². The molecule has 0 amide bonds. The maximum absolute atomic E-state index is 10.4. The van der Waals surface area contributed by atoms with Crippen LogP contribution in [0.25, 0.3) is 0 Å². The zero-order valence-electron chi connectivity index (χ0n) is 6.60. The molecule has 0 fully saturated rings. The van der Waals surface area contributed by atoms with Crippen molar-refractivity contribution in [1.29, 1.82) is 0 Å². The first-order chi connectivity index (χ1) is 4.98. The summed E-state index contributed by atoms with van der Waals surface area (Å²) in [5, 5.41) is 8.85. The lowest BCUT2D eigenvalue weighted by Crippen LogP contribution is -2.06. The van der Waals surface area contributed by atoms with Crippen molar-refractivity contribution in [3.8, 4) is 0 Å². The Labute approximate surface area is 66.4 Å². The van der Waals surface area contributed by atoms with E-state index in [9.17, 15) is 4.57 Å². The Kier molecular flexibility index (Phi) is 4.93. The fourth-order valence-electron chi connectivity index (χ4n) is 0.745. The molecule has 3 N–H and O–H groups in total. The summed E-state index contributed by atoms with van der Waals surface area (Å²) in [6, 6.07) is 0. The van der Waals surface area contributed by atoms with E-state index in [0.717, 1.165) is 12.8 Å². The summed E-state index contributed by atoms with van der Waals surface area (Å²) in [6.07, 6.45) is 2.74. The van der Waals surface area contributed by atoms with Gasteiger partial charge >= 0.3 is 7.60 Å². The Bertz CT molecular complexity index is 142. The summed E-state index contributed by atoms with van der Waals surface area (Å²) in [5.74, 6) is -1.46. The van der Waals surface area contributed by atoms with Gasteiger partial charge in [0.2, 0.25) is 0 Å². The van der Waals surface area contributed by atoms with Crippen molar-refractivity contribution in [2.45, 2.75) is 38.5 Å². The molecule has 0 aromatic rings. The van der Waals surface area contributed by atoms with Gasteiger partial charge in [0.05, 0.1) is 0 Å². The first kappa shape index (κ1) is 11.1. The van der Waals surface area contributed by atoms with Crippen molar-refractivity contribution in [1.82, 2.24) is 0 Å². The SMILES string of the molecule is CCCCCC(O)P(=O)(O)O. The Balaban J connectivity index is 3.53. The molecule has 0 saturated carbocycles. The van der Waals surface area contributed by atoms with Gasteiger partial charge in [-0.2, -0.15) is 0 Å². The summed E-state index contributed by atoms with van der Waals surface area (Å²) in [6.45, 7) is 1.99. The molecule has 0 aliphatic carbocycles. The zero-order valence-corrected chi connectivity index (χ0v) is 7.50. The lowest BCUT2D eigenvalue weighted by Gasteiger charge is -2.10. The van der Waals surface area contributed by atoms with Crippen LogP contribution in [-0.2, 0) is 4.57 Å². The van der Waals surface area contributed by atoms with Crippen LogP contribution in [0.5, 0.6) is 0 Å². The first-order valence-corrected chi connectivity index (χ1v) is 5.40. The van der Waals surface area contributed by atoms with Crippen LogP contribution < -0.4 is 0 Å². The number of aliphatic hydroxyl groups is 1. The molecule has 4 nitrogen and oxygen atoms in total. The Morgan fingerprint density at radius 3 is 2.27 bits per heavy atom. The fraction of sp³-hybridized carbons (Fsp3) is 1.00. The molecule has 1 unspecified atom stereocenters. The minimum absolute atomic E-state index is 0.193. The summed E-state index contributed by atoms with van der Waals surface area (Å²) in [7, 11) is -4.24. The molecule has 0 saturated heterocycles. The molecule has 0 rings (SSSR count). The van der Waals surface area contributed by atoms with E-state index < -0.39 is 13.4 Å². The van der Waals surface area contributed by atoms with Crippen LogP contribution in [0.2, 0.25) is 0 Å². The molecule has 0 spiro atoms. The molecular weight excluding hydrogens is 167 g/mol. The summed E-state index contributed by atoms with van der Waals surface area (Å²) in [4.78, 5) is 16.9. The van der Waals surface area contributed by atoms with E-state index in [1.165, 1.54) is 0 Å². The molecule has 0 radical (unpaired) electrons. The molecule has 0 heterocycles. The number of rotatable bonds is 5. The molecule has 1 atom stereocenters. The second kappa shape index (κ2) is 4.88. The summed E-state index contributed by atoms with van der Waals surface area (Å²) >= 11 is 0. The normalized spacial score (nSPS) is 14.9. The smallest absolute Gasteiger partial charge is 0.353 e. The van der Waals surface area contributed by atoms with Crippen LogP contribution in [0, 0.1) is 0 Å². The lowest BCUT2D eigenvalue weighted by molar-refractivity contribution is 0.190. The average Bonchev–Trinajstić information content (AvgIpc) is 1.86. The highest BCUT2D eigenvalue weighted by Gasteiger charge is 2.24. The molecule has 11 heavy (non-hydrogen) atoms. The van der Waals surface area contributed by atoms with Gasteiger partial charge in [-0.25, -0.2) is 0 Å². The molecule has 0 aromatic heterocycles. The topological polar surface area (TPSA) is 77.8 Å². The van der Waals surface area contributed by atoms with Crippen LogP contribution >= 0.6 is 7.60 Å². The van der Waals surface area contributed by atoms with Gasteiger partial charge in [-0.15, -0.1) is 0 Å². The van der Waals surface area contributed by atoms with Gasteiger partial charge in [0.15, 0.2) is 5.85 Å². The van der Waals surface area contributed by atoms with Crippen molar-refractivity contribution in [3.05, 3.63) is 0 Å². The Hall–Kier alpha value is 0.110. The monoisotopic (exact) mass is 182 g/mol. The molecule has 5 heteroatoms. The van der Waals surface area contributed by atoms with E-state index in [2.05, 4.69) is 0 Å². The fourth-order valence-corrected chi connectivity index (χ4v) is 1.26. The maximum Gasteiger partial charge on any atom is 0.353 e. The molecule has 0 aliphatic rings. The Morgan fingerprint density at radius 2 is 1.91 bits per heavy atom. The van der Waals surface area contributed by atoms with Gasteiger partial charge in [-0.1, -0.05) is 26.2 Å². The lowest BCUT2D eigenvalue weighted by atomic mass is 10.2. The predicted octanol–water partition coefficient (Wildman–Crippen LogP) is 1.06. The second-order valence-electron chi connectivity index (χ2n) is 2.57. The highest BCUT2D eigenvalue weighted by molar-refractivity contribution is 7.52. The number of aliphatic hydroxyl groups excluding tert-OH is 1. The van der Waals surface area contributed by atoms with Crippen LogP contribution in [0.4, 0.5) is 0 Å². The van der Waals surface area contributed by atoms with Gasteiger partial charge in [0.25, 0.3) is 0 Å². The summed E-state index contributed by atoms with van der Waals surface area (Å²) in [5.41, 5.74) is 0. The average molecular weight is 182 g/mol. The molecular formula is C6H15O4P. The number of unbranched alkanes of at least 4 members (excludes halogenated alkanes) is 2. The molecule has 0 bridgehead atoms. The largest absolute Gasteiger partial charge is 0.380 e. The van der Waals surface area contributed by atoms with Gasteiger partial charge in [0, 0.05) is 0 Å². The third-order valence-electron chi connectivity index (χ3n) is 1.45. The van der Waals surface area contributed by atoms with Gasteiger partial charge < -0.3 is 14.9 Å². The molecule has 68 valence electrons. The highest BCUT2D eigenvalue weighted by atomic mass is 31.2. The summed E-state index contributed by atoms with van der Waals surface area (Å²) < 4.78 is 10.4. The maximum atomic E-state index is 10.4. The first-order valence-electron chi connectivity index (χ1n) is 3.71. The van der Waals surface area contributed by atoms with E-state index in [0.29, 0.717) is 6.42 Å². The predicted molar refractivity (Wildman–Crippen MR) is 42.2 cm³/mol. The van der Waals surface area contributed by atoms with Gasteiger partial charge in [0.1, 0.15) is 0 Å². The minimum Gasteiger partial charge on any atom is -0.380 e. The third kappa shape index (κ3) is 5.39. The van der Waals surface area contributed by atoms with Gasteiger partial charge in [-0.3, -0.25) is 4.57 Å². The minimum atomic E-state index is -4.24. The molecule has 0 aliphatic heterocycles. The second-order valence-corrected chi connectivity index (χ2v) is 4.34. The van der Waals surface area contributed by atoms with E-state index in [1.54, 1.807) is 0 Å². The Morgan fingerprint density at radius 1 is 1.36 bits per heavy atom.